The maximum Gasteiger partial charge on any atom is 0.433 e. The lowest BCUT2D eigenvalue weighted by atomic mass is 10.1. The topological polar surface area (TPSA) is 77.8 Å². The number of benzene rings is 2. The number of nitrogens with zero attached hydrogens (tertiary/aromatic N) is 5. The molecule has 5 aromatic rings. The zero-order chi connectivity index (χ0) is 28.6. The molecule has 1 N–H and O–H groups in total. The SMILES string of the molecule is CCOc1cc(F)c(Cn2nc(-c3nc(Nc4cc(C)ncc4C)cc(C(F)(F)F)n3)c3ccccc32)c(F)c1. The van der Waals surface area contributed by atoms with Crippen molar-refractivity contribution in [2.24, 2.45) is 0 Å². The first-order valence-corrected chi connectivity index (χ1v) is 12.3. The van der Waals surface area contributed by atoms with Crippen LogP contribution in [0.15, 0.2) is 54.7 Å². The molecule has 7 nitrogen and oxygen atoms in total. The van der Waals surface area contributed by atoms with Gasteiger partial charge in [-0.25, -0.2) is 18.7 Å². The molecule has 0 spiro atoms. The number of aryl methyl sites for hydroxylation is 2. The number of hydrogen-bond acceptors (Lipinski definition) is 6. The highest BCUT2D eigenvalue weighted by atomic mass is 19.4. The largest absolute Gasteiger partial charge is 0.494 e. The van der Waals surface area contributed by atoms with Gasteiger partial charge in [-0.2, -0.15) is 18.3 Å². The minimum atomic E-state index is -4.77. The molecular formula is C28H23F5N6O. The number of fused-ring (bicyclic) bond motifs is 1. The second-order valence-corrected chi connectivity index (χ2v) is 9.05. The summed E-state index contributed by atoms with van der Waals surface area (Å²) in [6.07, 6.45) is -3.18. The van der Waals surface area contributed by atoms with Crippen molar-refractivity contribution >= 4 is 22.4 Å². The molecule has 0 bridgehead atoms. The van der Waals surface area contributed by atoms with E-state index in [-0.39, 0.29) is 41.8 Å². The van der Waals surface area contributed by atoms with E-state index in [4.69, 9.17) is 4.74 Å². The summed E-state index contributed by atoms with van der Waals surface area (Å²) < 4.78 is 77.8. The molecule has 0 saturated carbocycles. The lowest BCUT2D eigenvalue weighted by Gasteiger charge is -2.13. The molecule has 2 aromatic carbocycles. The first-order chi connectivity index (χ1) is 19.0. The van der Waals surface area contributed by atoms with Gasteiger partial charge in [-0.1, -0.05) is 18.2 Å². The van der Waals surface area contributed by atoms with Crippen molar-refractivity contribution < 1.29 is 26.7 Å². The van der Waals surface area contributed by atoms with Crippen molar-refractivity contribution in [3.8, 4) is 17.3 Å². The molecule has 3 aromatic heterocycles. The zero-order valence-electron chi connectivity index (χ0n) is 21.6. The third-order valence-electron chi connectivity index (χ3n) is 6.12. The maximum absolute atomic E-state index is 14.8. The van der Waals surface area contributed by atoms with Gasteiger partial charge in [0, 0.05) is 46.7 Å². The predicted molar refractivity (Wildman–Crippen MR) is 139 cm³/mol. The fourth-order valence-corrected chi connectivity index (χ4v) is 4.21. The molecule has 3 heterocycles. The molecule has 40 heavy (non-hydrogen) atoms. The third kappa shape index (κ3) is 5.42. The van der Waals surface area contributed by atoms with Gasteiger partial charge < -0.3 is 10.1 Å². The summed E-state index contributed by atoms with van der Waals surface area (Å²) in [6.45, 7) is 5.11. The Morgan fingerprint density at radius 2 is 1.70 bits per heavy atom. The van der Waals surface area contributed by atoms with Gasteiger partial charge in [-0.05, 0) is 38.5 Å². The molecule has 0 saturated heterocycles. The number of para-hydroxylation sites is 1. The molecular weight excluding hydrogens is 531 g/mol. The fourth-order valence-electron chi connectivity index (χ4n) is 4.21. The number of ether oxygens (including phenoxy) is 1. The van der Waals surface area contributed by atoms with E-state index in [0.717, 1.165) is 18.2 Å². The molecule has 0 fully saturated rings. The van der Waals surface area contributed by atoms with E-state index in [1.54, 1.807) is 57.3 Å². The summed E-state index contributed by atoms with van der Waals surface area (Å²) in [5.74, 6) is -2.04. The van der Waals surface area contributed by atoms with Gasteiger partial charge in [0.2, 0.25) is 0 Å². The molecule has 0 aliphatic rings. The van der Waals surface area contributed by atoms with E-state index >= 15 is 0 Å². The van der Waals surface area contributed by atoms with Crippen LogP contribution in [0.5, 0.6) is 5.75 Å². The number of nitrogens with one attached hydrogen (secondary N) is 1. The Bertz CT molecular complexity index is 1690. The third-order valence-corrected chi connectivity index (χ3v) is 6.12. The molecule has 206 valence electrons. The van der Waals surface area contributed by atoms with Crippen LogP contribution in [0.4, 0.5) is 33.5 Å². The van der Waals surface area contributed by atoms with Crippen LogP contribution in [-0.2, 0) is 12.7 Å². The summed E-state index contributed by atoms with van der Waals surface area (Å²) in [7, 11) is 0. The van der Waals surface area contributed by atoms with Gasteiger partial charge in [0.25, 0.3) is 0 Å². The van der Waals surface area contributed by atoms with E-state index in [0.29, 0.717) is 27.8 Å². The first kappa shape index (κ1) is 27.0. The van der Waals surface area contributed by atoms with Crippen LogP contribution in [0.25, 0.3) is 22.4 Å². The van der Waals surface area contributed by atoms with E-state index in [1.807, 2.05) is 0 Å². The number of halogens is 5. The Morgan fingerprint density at radius 1 is 0.975 bits per heavy atom. The monoisotopic (exact) mass is 554 g/mol. The molecule has 0 amide bonds. The smallest absolute Gasteiger partial charge is 0.433 e. The van der Waals surface area contributed by atoms with E-state index in [1.165, 1.54) is 4.68 Å². The van der Waals surface area contributed by atoms with Crippen molar-refractivity contribution in [3.63, 3.8) is 0 Å². The Hall–Kier alpha value is -4.61. The summed E-state index contributed by atoms with van der Waals surface area (Å²) in [5, 5.41) is 7.76. The summed E-state index contributed by atoms with van der Waals surface area (Å²) in [6, 6.07) is 11.3. The number of alkyl halides is 3. The zero-order valence-corrected chi connectivity index (χ0v) is 21.6. The minimum absolute atomic E-state index is 0.0270. The molecule has 0 aliphatic carbocycles. The number of anilines is 2. The molecule has 0 atom stereocenters. The van der Waals surface area contributed by atoms with Crippen molar-refractivity contribution in [1.29, 1.82) is 0 Å². The molecule has 0 unspecified atom stereocenters. The summed E-state index contributed by atoms with van der Waals surface area (Å²) in [5.41, 5.74) is 0.901. The van der Waals surface area contributed by atoms with Gasteiger partial charge in [-0.15, -0.1) is 0 Å². The standard InChI is InChI=1S/C28H23F5N6O/c1-4-40-17-10-20(29)19(21(30)11-17)14-39-23-8-6-5-7-18(23)26(38-39)27-36-24(28(31,32)33)12-25(37-27)35-22-9-16(3)34-13-15(22)2/h5-13H,4,14H2,1-3H3,(H,34,35,36,37). The van der Waals surface area contributed by atoms with Gasteiger partial charge >= 0.3 is 6.18 Å². The fraction of sp³-hybridized carbons (Fsp3) is 0.214. The molecule has 12 heteroatoms. The highest BCUT2D eigenvalue weighted by molar-refractivity contribution is 5.92. The molecule has 0 radical (unpaired) electrons. The van der Waals surface area contributed by atoms with Crippen LogP contribution < -0.4 is 10.1 Å². The second kappa shape index (κ2) is 10.5. The predicted octanol–water partition coefficient (Wildman–Crippen LogP) is 6.99. The highest BCUT2D eigenvalue weighted by Crippen LogP contribution is 2.34. The number of rotatable bonds is 7. The Morgan fingerprint density at radius 3 is 2.40 bits per heavy atom. The van der Waals surface area contributed by atoms with E-state index in [9.17, 15) is 22.0 Å². The van der Waals surface area contributed by atoms with Gasteiger partial charge in [0.05, 0.1) is 18.7 Å². The second-order valence-electron chi connectivity index (χ2n) is 9.05. The van der Waals surface area contributed by atoms with Crippen LogP contribution in [-0.4, -0.2) is 31.3 Å². The van der Waals surface area contributed by atoms with Crippen LogP contribution in [0.3, 0.4) is 0 Å². The van der Waals surface area contributed by atoms with Crippen LogP contribution in [0.1, 0.15) is 29.4 Å². The van der Waals surface area contributed by atoms with Crippen molar-refractivity contribution in [1.82, 2.24) is 24.7 Å². The summed E-state index contributed by atoms with van der Waals surface area (Å²) in [4.78, 5) is 12.3. The average Bonchev–Trinajstić information content (AvgIpc) is 3.26. The van der Waals surface area contributed by atoms with Gasteiger partial charge in [0.1, 0.15) is 28.9 Å². The van der Waals surface area contributed by atoms with Crippen molar-refractivity contribution in [3.05, 3.63) is 88.9 Å². The Kier molecular flexibility index (Phi) is 7.09. The van der Waals surface area contributed by atoms with E-state index in [2.05, 4.69) is 25.4 Å². The normalized spacial score (nSPS) is 11.7. The van der Waals surface area contributed by atoms with Crippen LogP contribution >= 0.6 is 0 Å². The van der Waals surface area contributed by atoms with Crippen LogP contribution in [0, 0.1) is 25.5 Å². The quantitative estimate of drug-likeness (QED) is 0.219. The number of aromatic nitrogens is 5. The van der Waals surface area contributed by atoms with Crippen molar-refractivity contribution in [2.45, 2.75) is 33.5 Å². The molecule has 5 rings (SSSR count). The Labute approximate surface area is 225 Å². The van der Waals surface area contributed by atoms with Gasteiger partial charge in [-0.3, -0.25) is 9.67 Å². The summed E-state index contributed by atoms with van der Waals surface area (Å²) >= 11 is 0. The highest BCUT2D eigenvalue weighted by Gasteiger charge is 2.34. The van der Waals surface area contributed by atoms with Crippen LogP contribution in [0.2, 0.25) is 0 Å². The molecule has 0 aliphatic heterocycles. The van der Waals surface area contributed by atoms with Crippen molar-refractivity contribution in [2.75, 3.05) is 11.9 Å². The first-order valence-electron chi connectivity index (χ1n) is 12.3. The number of hydrogen-bond donors (Lipinski definition) is 1. The maximum atomic E-state index is 14.8. The van der Waals surface area contributed by atoms with E-state index < -0.39 is 23.5 Å². The Balaban J connectivity index is 1.62. The average molecular weight is 555 g/mol. The van der Waals surface area contributed by atoms with Gasteiger partial charge in [0.15, 0.2) is 11.5 Å². The number of pyridine rings is 1. The lowest BCUT2D eigenvalue weighted by molar-refractivity contribution is -0.141. The minimum Gasteiger partial charge on any atom is -0.494 e. The lowest BCUT2D eigenvalue weighted by Crippen LogP contribution is -2.12.